The first kappa shape index (κ1) is 14.0. The van der Waals surface area contributed by atoms with Crippen LogP contribution in [0.3, 0.4) is 0 Å². The number of rotatable bonds is 5. The quantitative estimate of drug-likeness (QED) is 0.912. The average Bonchev–Trinajstić information content (AvgIpc) is 3.08. The van der Waals surface area contributed by atoms with Gasteiger partial charge in [0.05, 0.1) is 7.11 Å². The highest BCUT2D eigenvalue weighted by Gasteiger charge is 2.28. The molecule has 3 rings (SSSR count). The van der Waals surface area contributed by atoms with Crippen LogP contribution < -0.4 is 14.8 Å². The molecule has 0 amide bonds. The van der Waals surface area contributed by atoms with Crippen LogP contribution in [0.15, 0.2) is 54.6 Å². The fraction of sp³-hybridized carbons (Fsp3) is 0.333. The van der Waals surface area contributed by atoms with Gasteiger partial charge in [-0.1, -0.05) is 42.5 Å². The highest BCUT2D eigenvalue weighted by molar-refractivity contribution is 5.40. The molecule has 0 aromatic heterocycles. The van der Waals surface area contributed by atoms with Crippen molar-refractivity contribution < 1.29 is 9.47 Å². The molecule has 3 nitrogen and oxygen atoms in total. The Kier molecular flexibility index (Phi) is 4.41. The molecule has 2 atom stereocenters. The third kappa shape index (κ3) is 3.19. The zero-order valence-electron chi connectivity index (χ0n) is 12.3. The van der Waals surface area contributed by atoms with Gasteiger partial charge in [-0.05, 0) is 30.7 Å². The summed E-state index contributed by atoms with van der Waals surface area (Å²) in [7, 11) is 1.68. The minimum Gasteiger partial charge on any atom is -0.493 e. The summed E-state index contributed by atoms with van der Waals surface area (Å²) < 4.78 is 11.7. The van der Waals surface area contributed by atoms with Crippen LogP contribution in [0.1, 0.15) is 18.1 Å². The maximum atomic E-state index is 6.34. The van der Waals surface area contributed by atoms with Crippen LogP contribution in [0.2, 0.25) is 0 Å². The molecular weight excluding hydrogens is 262 g/mol. The van der Waals surface area contributed by atoms with Gasteiger partial charge in [-0.3, -0.25) is 0 Å². The highest BCUT2D eigenvalue weighted by atomic mass is 16.5. The van der Waals surface area contributed by atoms with Crippen LogP contribution in [0, 0.1) is 5.92 Å². The van der Waals surface area contributed by atoms with Gasteiger partial charge in [-0.2, -0.15) is 0 Å². The standard InChI is InChI=1S/C18H21NO2/c1-20-16-9-5-6-10-17(16)21-18(15-11-12-19-13-15)14-7-3-2-4-8-14/h2-10,15,18-19H,11-13H2,1H3/t15-,18?/m0/s1. The van der Waals surface area contributed by atoms with Gasteiger partial charge in [0.1, 0.15) is 6.10 Å². The van der Waals surface area contributed by atoms with Crippen molar-refractivity contribution in [2.45, 2.75) is 12.5 Å². The number of para-hydroxylation sites is 2. The van der Waals surface area contributed by atoms with E-state index >= 15 is 0 Å². The number of benzene rings is 2. The molecule has 1 fully saturated rings. The van der Waals surface area contributed by atoms with Crippen LogP contribution in [-0.2, 0) is 0 Å². The van der Waals surface area contributed by atoms with Crippen molar-refractivity contribution in [3.05, 3.63) is 60.2 Å². The number of ether oxygens (including phenoxy) is 2. The predicted molar refractivity (Wildman–Crippen MR) is 83.8 cm³/mol. The maximum absolute atomic E-state index is 6.34. The molecule has 0 radical (unpaired) electrons. The van der Waals surface area contributed by atoms with E-state index in [1.54, 1.807) is 7.11 Å². The van der Waals surface area contributed by atoms with Crippen LogP contribution >= 0.6 is 0 Å². The zero-order valence-corrected chi connectivity index (χ0v) is 12.3. The lowest BCUT2D eigenvalue weighted by molar-refractivity contribution is 0.139. The van der Waals surface area contributed by atoms with Crippen molar-refractivity contribution in [1.29, 1.82) is 0 Å². The Balaban J connectivity index is 1.88. The number of hydrogen-bond acceptors (Lipinski definition) is 3. The fourth-order valence-electron chi connectivity index (χ4n) is 2.87. The Hall–Kier alpha value is -2.00. The third-order valence-electron chi connectivity index (χ3n) is 3.98. The topological polar surface area (TPSA) is 30.5 Å². The molecular formula is C18H21NO2. The van der Waals surface area contributed by atoms with Crippen molar-refractivity contribution in [2.75, 3.05) is 20.2 Å². The van der Waals surface area contributed by atoms with Gasteiger partial charge < -0.3 is 14.8 Å². The van der Waals surface area contributed by atoms with Crippen LogP contribution in [0.25, 0.3) is 0 Å². The molecule has 1 N–H and O–H groups in total. The molecule has 3 heteroatoms. The van der Waals surface area contributed by atoms with Gasteiger partial charge in [0, 0.05) is 12.5 Å². The van der Waals surface area contributed by atoms with E-state index in [2.05, 4.69) is 29.6 Å². The monoisotopic (exact) mass is 283 g/mol. The summed E-state index contributed by atoms with van der Waals surface area (Å²) in [5, 5.41) is 3.43. The van der Waals surface area contributed by atoms with E-state index in [0.29, 0.717) is 5.92 Å². The Morgan fingerprint density at radius 3 is 2.38 bits per heavy atom. The predicted octanol–water partition coefficient (Wildman–Crippen LogP) is 3.42. The van der Waals surface area contributed by atoms with Crippen molar-refractivity contribution in [3.63, 3.8) is 0 Å². The van der Waals surface area contributed by atoms with E-state index in [1.807, 2.05) is 30.3 Å². The van der Waals surface area contributed by atoms with Crippen LogP contribution in [0.5, 0.6) is 11.5 Å². The van der Waals surface area contributed by atoms with Crippen molar-refractivity contribution in [2.24, 2.45) is 5.92 Å². The van der Waals surface area contributed by atoms with Gasteiger partial charge in [0.15, 0.2) is 11.5 Å². The molecule has 1 aliphatic rings. The molecule has 0 aliphatic carbocycles. The smallest absolute Gasteiger partial charge is 0.162 e. The van der Waals surface area contributed by atoms with E-state index < -0.39 is 0 Å². The molecule has 1 aliphatic heterocycles. The van der Waals surface area contributed by atoms with E-state index in [9.17, 15) is 0 Å². The van der Waals surface area contributed by atoms with E-state index in [4.69, 9.17) is 9.47 Å². The van der Waals surface area contributed by atoms with E-state index in [1.165, 1.54) is 5.56 Å². The van der Waals surface area contributed by atoms with Crippen molar-refractivity contribution in [3.8, 4) is 11.5 Å². The molecule has 2 aromatic carbocycles. The maximum Gasteiger partial charge on any atom is 0.162 e. The Morgan fingerprint density at radius 1 is 1.00 bits per heavy atom. The highest BCUT2D eigenvalue weighted by Crippen LogP contribution is 2.35. The summed E-state index contributed by atoms with van der Waals surface area (Å²) in [6.07, 6.45) is 1.19. The van der Waals surface area contributed by atoms with E-state index in [-0.39, 0.29) is 6.10 Å². The van der Waals surface area contributed by atoms with Gasteiger partial charge in [-0.25, -0.2) is 0 Å². The lowest BCUT2D eigenvalue weighted by atomic mass is 9.95. The molecule has 1 heterocycles. The first-order chi connectivity index (χ1) is 10.4. The molecule has 21 heavy (non-hydrogen) atoms. The number of nitrogens with one attached hydrogen (secondary N) is 1. The Morgan fingerprint density at radius 2 is 1.71 bits per heavy atom. The minimum atomic E-state index is 0.0532. The SMILES string of the molecule is COc1ccccc1OC(c1ccccc1)[C@H]1CCNC1. The first-order valence-corrected chi connectivity index (χ1v) is 7.44. The average molecular weight is 283 g/mol. The van der Waals surface area contributed by atoms with Crippen LogP contribution in [-0.4, -0.2) is 20.2 Å². The van der Waals surface area contributed by atoms with Crippen molar-refractivity contribution >= 4 is 0 Å². The molecule has 0 spiro atoms. The Labute approximate surface area is 125 Å². The molecule has 110 valence electrons. The first-order valence-electron chi connectivity index (χ1n) is 7.44. The fourth-order valence-corrected chi connectivity index (χ4v) is 2.87. The second kappa shape index (κ2) is 6.64. The second-order valence-electron chi connectivity index (χ2n) is 5.35. The number of methoxy groups -OCH3 is 1. The lowest BCUT2D eigenvalue weighted by Crippen LogP contribution is -2.21. The normalized spacial score (nSPS) is 19.2. The molecule has 0 saturated carbocycles. The summed E-state index contributed by atoms with van der Waals surface area (Å²) in [5.74, 6) is 2.07. The minimum absolute atomic E-state index is 0.0532. The molecule has 0 bridgehead atoms. The zero-order chi connectivity index (χ0) is 14.5. The van der Waals surface area contributed by atoms with Crippen LogP contribution in [0.4, 0.5) is 0 Å². The summed E-state index contributed by atoms with van der Waals surface area (Å²) in [4.78, 5) is 0. The molecule has 1 unspecified atom stereocenters. The van der Waals surface area contributed by atoms with E-state index in [0.717, 1.165) is 31.0 Å². The molecule has 1 saturated heterocycles. The second-order valence-corrected chi connectivity index (χ2v) is 5.35. The third-order valence-corrected chi connectivity index (χ3v) is 3.98. The van der Waals surface area contributed by atoms with Gasteiger partial charge in [0.25, 0.3) is 0 Å². The van der Waals surface area contributed by atoms with Gasteiger partial charge in [0.2, 0.25) is 0 Å². The Bertz CT molecular complexity index is 564. The van der Waals surface area contributed by atoms with Gasteiger partial charge >= 0.3 is 0 Å². The number of hydrogen-bond donors (Lipinski definition) is 1. The summed E-state index contributed by atoms with van der Waals surface area (Å²) in [5.41, 5.74) is 1.22. The molecule has 2 aromatic rings. The van der Waals surface area contributed by atoms with Gasteiger partial charge in [-0.15, -0.1) is 0 Å². The lowest BCUT2D eigenvalue weighted by Gasteiger charge is -2.25. The summed E-state index contributed by atoms with van der Waals surface area (Å²) in [6, 6.07) is 18.3. The largest absolute Gasteiger partial charge is 0.493 e. The van der Waals surface area contributed by atoms with Crippen molar-refractivity contribution in [1.82, 2.24) is 5.32 Å². The summed E-state index contributed by atoms with van der Waals surface area (Å²) >= 11 is 0. The summed E-state index contributed by atoms with van der Waals surface area (Å²) in [6.45, 7) is 2.05.